The molecule has 3 rings (SSSR count). The molecule has 0 saturated heterocycles. The summed E-state index contributed by atoms with van der Waals surface area (Å²) in [6.07, 6.45) is 1.36. The maximum absolute atomic E-state index is 12.0. The SMILES string of the molecule is O=C(Nc1cccc(-c2nn[nH]n2)c1)c1ccc(=O)[nH]c1. The Kier molecular flexibility index (Phi) is 3.26. The average Bonchev–Trinajstić information content (AvgIpc) is 3.02. The Morgan fingerprint density at radius 3 is 2.81 bits per heavy atom. The lowest BCUT2D eigenvalue weighted by Crippen LogP contribution is -2.14. The van der Waals surface area contributed by atoms with Gasteiger partial charge in [0.1, 0.15) is 0 Å². The Balaban J connectivity index is 1.82. The molecule has 0 radical (unpaired) electrons. The summed E-state index contributed by atoms with van der Waals surface area (Å²) in [6, 6.07) is 9.80. The first kappa shape index (κ1) is 12.7. The van der Waals surface area contributed by atoms with Crippen LogP contribution in [0.3, 0.4) is 0 Å². The Labute approximate surface area is 118 Å². The van der Waals surface area contributed by atoms with Crippen LogP contribution in [0.1, 0.15) is 10.4 Å². The average molecular weight is 282 g/mol. The van der Waals surface area contributed by atoms with Crippen LogP contribution in [0.25, 0.3) is 11.4 Å². The minimum atomic E-state index is -0.323. The topological polar surface area (TPSA) is 116 Å². The van der Waals surface area contributed by atoms with E-state index in [1.165, 1.54) is 18.3 Å². The lowest BCUT2D eigenvalue weighted by molar-refractivity contribution is 0.102. The first-order valence-corrected chi connectivity index (χ1v) is 6.06. The third kappa shape index (κ3) is 2.84. The molecule has 2 heterocycles. The van der Waals surface area contributed by atoms with Crippen LogP contribution in [0.15, 0.2) is 47.4 Å². The summed E-state index contributed by atoms with van der Waals surface area (Å²) in [5, 5.41) is 16.3. The molecule has 8 heteroatoms. The quantitative estimate of drug-likeness (QED) is 0.657. The molecule has 3 aromatic rings. The Bertz CT molecular complexity index is 804. The molecular formula is C13H10N6O2. The zero-order valence-electron chi connectivity index (χ0n) is 10.7. The molecule has 1 aromatic carbocycles. The number of aromatic amines is 2. The van der Waals surface area contributed by atoms with Gasteiger partial charge in [-0.25, -0.2) is 0 Å². The number of nitrogens with one attached hydrogen (secondary N) is 3. The molecule has 1 amide bonds. The van der Waals surface area contributed by atoms with Gasteiger partial charge in [-0.2, -0.15) is 5.21 Å². The molecule has 0 unspecified atom stereocenters. The summed E-state index contributed by atoms with van der Waals surface area (Å²) in [7, 11) is 0. The maximum Gasteiger partial charge on any atom is 0.257 e. The first-order valence-electron chi connectivity index (χ1n) is 6.06. The summed E-state index contributed by atoms with van der Waals surface area (Å²) >= 11 is 0. The van der Waals surface area contributed by atoms with Crippen molar-refractivity contribution in [3.63, 3.8) is 0 Å². The van der Waals surface area contributed by atoms with Crippen LogP contribution in [0.2, 0.25) is 0 Å². The van der Waals surface area contributed by atoms with E-state index in [4.69, 9.17) is 0 Å². The van der Waals surface area contributed by atoms with Crippen molar-refractivity contribution in [2.75, 3.05) is 5.32 Å². The van der Waals surface area contributed by atoms with Gasteiger partial charge in [-0.1, -0.05) is 12.1 Å². The highest BCUT2D eigenvalue weighted by Gasteiger charge is 2.08. The van der Waals surface area contributed by atoms with Crippen molar-refractivity contribution >= 4 is 11.6 Å². The number of benzene rings is 1. The summed E-state index contributed by atoms with van der Waals surface area (Å²) in [5.74, 6) is 0.117. The Morgan fingerprint density at radius 2 is 2.10 bits per heavy atom. The number of H-pyrrole nitrogens is 2. The first-order chi connectivity index (χ1) is 10.2. The van der Waals surface area contributed by atoms with E-state index < -0.39 is 0 Å². The van der Waals surface area contributed by atoms with Crippen molar-refractivity contribution in [1.29, 1.82) is 0 Å². The molecule has 0 atom stereocenters. The number of tetrazole rings is 1. The predicted molar refractivity (Wildman–Crippen MR) is 74.6 cm³/mol. The molecule has 0 spiro atoms. The molecule has 0 bridgehead atoms. The number of anilines is 1. The zero-order valence-corrected chi connectivity index (χ0v) is 10.7. The highest BCUT2D eigenvalue weighted by Crippen LogP contribution is 2.18. The second kappa shape index (κ2) is 5.37. The molecule has 3 N–H and O–H groups in total. The molecule has 2 aromatic heterocycles. The van der Waals surface area contributed by atoms with E-state index >= 15 is 0 Å². The molecule has 104 valence electrons. The van der Waals surface area contributed by atoms with Crippen molar-refractivity contribution < 1.29 is 4.79 Å². The van der Waals surface area contributed by atoms with Crippen LogP contribution in [0.4, 0.5) is 5.69 Å². The van der Waals surface area contributed by atoms with Gasteiger partial charge in [0, 0.05) is 23.5 Å². The monoisotopic (exact) mass is 282 g/mol. The summed E-state index contributed by atoms with van der Waals surface area (Å²) in [4.78, 5) is 25.5. The summed E-state index contributed by atoms with van der Waals surface area (Å²) in [5.41, 5.74) is 1.42. The van der Waals surface area contributed by atoms with Gasteiger partial charge in [0.25, 0.3) is 5.91 Å². The lowest BCUT2D eigenvalue weighted by Gasteiger charge is -2.05. The van der Waals surface area contributed by atoms with E-state index in [9.17, 15) is 9.59 Å². The van der Waals surface area contributed by atoms with Gasteiger partial charge in [0.2, 0.25) is 11.4 Å². The second-order valence-electron chi connectivity index (χ2n) is 4.21. The third-order valence-corrected chi connectivity index (χ3v) is 2.77. The van der Waals surface area contributed by atoms with Crippen molar-refractivity contribution in [1.82, 2.24) is 25.6 Å². The van der Waals surface area contributed by atoms with Gasteiger partial charge in [0.15, 0.2) is 0 Å². The second-order valence-corrected chi connectivity index (χ2v) is 4.21. The standard InChI is InChI=1S/C13H10N6O2/c20-11-5-4-9(7-14-11)13(21)15-10-3-1-2-8(6-10)12-16-18-19-17-12/h1-7H,(H,14,20)(H,15,21)(H,16,17,18,19). The fraction of sp³-hybridized carbons (Fsp3) is 0. The van der Waals surface area contributed by atoms with Gasteiger partial charge < -0.3 is 10.3 Å². The predicted octanol–water partition coefficient (Wildman–Crippen LogP) is 0.807. The summed E-state index contributed by atoms with van der Waals surface area (Å²) < 4.78 is 0. The maximum atomic E-state index is 12.0. The molecule has 21 heavy (non-hydrogen) atoms. The van der Waals surface area contributed by atoms with Crippen LogP contribution >= 0.6 is 0 Å². The molecule has 0 fully saturated rings. The highest BCUT2D eigenvalue weighted by molar-refractivity contribution is 6.04. The van der Waals surface area contributed by atoms with E-state index in [1.54, 1.807) is 24.3 Å². The van der Waals surface area contributed by atoms with Crippen LogP contribution in [0.5, 0.6) is 0 Å². The number of rotatable bonds is 3. The fourth-order valence-electron chi connectivity index (χ4n) is 1.78. The molecule has 0 aliphatic carbocycles. The largest absolute Gasteiger partial charge is 0.328 e. The number of carbonyl (C=O) groups excluding carboxylic acids is 1. The van der Waals surface area contributed by atoms with Gasteiger partial charge in [-0.3, -0.25) is 9.59 Å². The molecule has 0 aliphatic heterocycles. The number of hydrogen-bond donors (Lipinski definition) is 3. The minimum Gasteiger partial charge on any atom is -0.328 e. The number of carbonyl (C=O) groups is 1. The number of hydrogen-bond acceptors (Lipinski definition) is 5. The van der Waals surface area contributed by atoms with Gasteiger partial charge in [0.05, 0.1) is 5.56 Å². The molecule has 0 saturated carbocycles. The Hall–Kier alpha value is -3.29. The summed E-state index contributed by atoms with van der Waals surface area (Å²) in [6.45, 7) is 0. The van der Waals surface area contributed by atoms with Crippen LogP contribution < -0.4 is 10.9 Å². The lowest BCUT2D eigenvalue weighted by atomic mass is 10.2. The van der Waals surface area contributed by atoms with Gasteiger partial charge >= 0.3 is 0 Å². The van der Waals surface area contributed by atoms with E-state index in [0.717, 1.165) is 5.56 Å². The smallest absolute Gasteiger partial charge is 0.257 e. The van der Waals surface area contributed by atoms with E-state index in [-0.39, 0.29) is 11.5 Å². The molecular weight excluding hydrogens is 272 g/mol. The number of amides is 1. The number of pyridine rings is 1. The number of aromatic nitrogens is 5. The van der Waals surface area contributed by atoms with Crippen molar-refractivity contribution in [3.05, 3.63) is 58.5 Å². The zero-order chi connectivity index (χ0) is 14.7. The Morgan fingerprint density at radius 1 is 1.19 bits per heavy atom. The van der Waals surface area contributed by atoms with Crippen molar-refractivity contribution in [3.8, 4) is 11.4 Å². The molecule has 8 nitrogen and oxygen atoms in total. The van der Waals surface area contributed by atoms with Crippen LogP contribution in [0, 0.1) is 0 Å². The van der Waals surface area contributed by atoms with Crippen LogP contribution in [-0.2, 0) is 0 Å². The van der Waals surface area contributed by atoms with Gasteiger partial charge in [-0.05, 0) is 23.4 Å². The third-order valence-electron chi connectivity index (χ3n) is 2.77. The van der Waals surface area contributed by atoms with E-state index in [2.05, 4.69) is 30.9 Å². The fourth-order valence-corrected chi connectivity index (χ4v) is 1.78. The van der Waals surface area contributed by atoms with E-state index in [0.29, 0.717) is 17.1 Å². The van der Waals surface area contributed by atoms with Crippen LogP contribution in [-0.4, -0.2) is 31.5 Å². The minimum absolute atomic E-state index is 0.259. The van der Waals surface area contributed by atoms with E-state index in [1.807, 2.05) is 0 Å². The highest BCUT2D eigenvalue weighted by atomic mass is 16.1. The normalized spacial score (nSPS) is 10.3. The number of nitrogens with zero attached hydrogens (tertiary/aromatic N) is 3. The van der Waals surface area contributed by atoms with Crippen molar-refractivity contribution in [2.45, 2.75) is 0 Å². The van der Waals surface area contributed by atoms with Crippen molar-refractivity contribution in [2.24, 2.45) is 0 Å². The molecule has 0 aliphatic rings. The van der Waals surface area contributed by atoms with Gasteiger partial charge in [-0.15, -0.1) is 10.2 Å².